The van der Waals surface area contributed by atoms with Crippen molar-refractivity contribution in [1.29, 1.82) is 0 Å². The van der Waals surface area contributed by atoms with Crippen LogP contribution >= 0.6 is 11.3 Å². The lowest BCUT2D eigenvalue weighted by Gasteiger charge is -2.05. The van der Waals surface area contributed by atoms with Gasteiger partial charge in [0.15, 0.2) is 5.13 Å². The van der Waals surface area contributed by atoms with Gasteiger partial charge in [0, 0.05) is 16.5 Å². The monoisotopic (exact) mass is 352 g/mol. The van der Waals surface area contributed by atoms with Crippen molar-refractivity contribution in [2.45, 2.75) is 19.8 Å². The predicted octanol–water partition coefficient (Wildman–Crippen LogP) is 5.24. The Morgan fingerprint density at radius 2 is 1.88 bits per heavy atom. The van der Waals surface area contributed by atoms with E-state index in [1.807, 2.05) is 47.8 Å². The summed E-state index contributed by atoms with van der Waals surface area (Å²) in [6.45, 7) is 2.88. The number of aromatic nitrogens is 1. The van der Waals surface area contributed by atoms with Crippen LogP contribution in [0, 0.1) is 0 Å². The van der Waals surface area contributed by atoms with Crippen LogP contribution in [0.5, 0.6) is 5.75 Å². The summed E-state index contributed by atoms with van der Waals surface area (Å²) >= 11 is 1.41. The van der Waals surface area contributed by atoms with E-state index in [9.17, 15) is 4.79 Å². The number of thiazole rings is 1. The van der Waals surface area contributed by atoms with Gasteiger partial charge >= 0.3 is 0 Å². The van der Waals surface area contributed by atoms with Crippen LogP contribution in [0.25, 0.3) is 11.3 Å². The van der Waals surface area contributed by atoms with Crippen molar-refractivity contribution in [2.75, 3.05) is 11.9 Å². The minimum Gasteiger partial charge on any atom is -0.494 e. The Balaban J connectivity index is 1.64. The van der Waals surface area contributed by atoms with Gasteiger partial charge < -0.3 is 4.74 Å². The number of nitrogens with zero attached hydrogens (tertiary/aromatic N) is 1. The van der Waals surface area contributed by atoms with E-state index in [-0.39, 0.29) is 5.91 Å². The van der Waals surface area contributed by atoms with E-state index in [0.29, 0.717) is 10.7 Å². The molecule has 1 N–H and O–H groups in total. The van der Waals surface area contributed by atoms with Gasteiger partial charge in [0.2, 0.25) is 0 Å². The SMILES string of the molecule is CCCCOc1ccc(-c2csc(NC(=O)c3ccccc3)n2)cc1. The highest BCUT2D eigenvalue weighted by Gasteiger charge is 2.09. The summed E-state index contributed by atoms with van der Waals surface area (Å²) in [7, 11) is 0. The molecular formula is C20H20N2O2S. The van der Waals surface area contributed by atoms with Crippen molar-refractivity contribution in [3.05, 3.63) is 65.5 Å². The van der Waals surface area contributed by atoms with Gasteiger partial charge in [-0.25, -0.2) is 4.98 Å². The number of unbranched alkanes of at least 4 members (excludes halogenated alkanes) is 1. The number of amides is 1. The van der Waals surface area contributed by atoms with Crippen LogP contribution in [-0.4, -0.2) is 17.5 Å². The first-order valence-corrected chi connectivity index (χ1v) is 9.19. The molecule has 0 aliphatic heterocycles. The van der Waals surface area contributed by atoms with Crippen molar-refractivity contribution in [3.63, 3.8) is 0 Å². The van der Waals surface area contributed by atoms with Crippen LogP contribution in [0.1, 0.15) is 30.1 Å². The average molecular weight is 352 g/mol. The number of carbonyl (C=O) groups excluding carboxylic acids is 1. The maximum Gasteiger partial charge on any atom is 0.257 e. The molecule has 0 unspecified atom stereocenters. The Labute approximate surface area is 151 Å². The van der Waals surface area contributed by atoms with Crippen LogP contribution in [0.15, 0.2) is 60.0 Å². The molecule has 2 aromatic carbocycles. The predicted molar refractivity (Wildman–Crippen MR) is 102 cm³/mol. The molecule has 0 radical (unpaired) electrons. The minimum atomic E-state index is -0.152. The van der Waals surface area contributed by atoms with Gasteiger partial charge in [-0.2, -0.15) is 0 Å². The zero-order chi connectivity index (χ0) is 17.5. The number of carbonyl (C=O) groups is 1. The van der Waals surface area contributed by atoms with Crippen molar-refractivity contribution in [1.82, 2.24) is 4.98 Å². The van der Waals surface area contributed by atoms with Crippen LogP contribution in [0.4, 0.5) is 5.13 Å². The van der Waals surface area contributed by atoms with Crippen LogP contribution in [0.2, 0.25) is 0 Å². The normalized spacial score (nSPS) is 10.4. The number of benzene rings is 2. The standard InChI is InChI=1S/C20H20N2O2S/c1-2-3-13-24-17-11-9-15(10-12-17)18-14-25-20(21-18)22-19(23)16-7-5-4-6-8-16/h4-12,14H,2-3,13H2,1H3,(H,21,22,23). The molecule has 0 spiro atoms. The molecule has 1 aromatic heterocycles. The van der Waals surface area contributed by atoms with Crippen molar-refractivity contribution >= 4 is 22.4 Å². The molecule has 4 nitrogen and oxygen atoms in total. The van der Waals surface area contributed by atoms with Gasteiger partial charge in [0.05, 0.1) is 12.3 Å². The second-order valence-electron chi connectivity index (χ2n) is 5.58. The first-order valence-electron chi connectivity index (χ1n) is 8.31. The third kappa shape index (κ3) is 4.67. The quantitative estimate of drug-likeness (QED) is 0.592. The van der Waals surface area contributed by atoms with Gasteiger partial charge in [-0.05, 0) is 42.8 Å². The lowest BCUT2D eigenvalue weighted by atomic mass is 10.2. The maximum atomic E-state index is 12.2. The molecule has 5 heteroatoms. The van der Waals surface area contributed by atoms with E-state index < -0.39 is 0 Å². The highest BCUT2D eigenvalue weighted by atomic mass is 32.1. The molecule has 3 aromatic rings. The zero-order valence-corrected chi connectivity index (χ0v) is 14.9. The lowest BCUT2D eigenvalue weighted by molar-refractivity contribution is 0.102. The van der Waals surface area contributed by atoms with E-state index in [4.69, 9.17) is 4.74 Å². The summed E-state index contributed by atoms with van der Waals surface area (Å²) in [5.41, 5.74) is 2.46. The molecule has 0 saturated heterocycles. The number of hydrogen-bond donors (Lipinski definition) is 1. The first-order chi connectivity index (χ1) is 12.3. The molecule has 0 atom stereocenters. The van der Waals surface area contributed by atoms with Gasteiger partial charge in [-0.1, -0.05) is 31.5 Å². The average Bonchev–Trinajstić information content (AvgIpc) is 3.12. The number of nitrogens with one attached hydrogen (secondary N) is 1. The fourth-order valence-corrected chi connectivity index (χ4v) is 2.99. The maximum absolute atomic E-state index is 12.2. The molecule has 128 valence electrons. The molecule has 1 amide bonds. The smallest absolute Gasteiger partial charge is 0.257 e. The minimum absolute atomic E-state index is 0.152. The second kappa shape index (κ2) is 8.44. The number of hydrogen-bond acceptors (Lipinski definition) is 4. The van der Waals surface area contributed by atoms with Gasteiger partial charge in [0.1, 0.15) is 5.75 Å². The number of rotatable bonds is 7. The summed E-state index contributed by atoms with van der Waals surface area (Å²) in [5, 5.41) is 5.37. The van der Waals surface area contributed by atoms with E-state index >= 15 is 0 Å². The fourth-order valence-electron chi connectivity index (χ4n) is 2.28. The van der Waals surface area contributed by atoms with Crippen LogP contribution in [0.3, 0.4) is 0 Å². The first kappa shape index (κ1) is 17.2. The van der Waals surface area contributed by atoms with Crippen molar-refractivity contribution in [3.8, 4) is 17.0 Å². The molecule has 0 fully saturated rings. The van der Waals surface area contributed by atoms with Gasteiger partial charge in [-0.3, -0.25) is 10.1 Å². The molecule has 0 bridgehead atoms. The summed E-state index contributed by atoms with van der Waals surface area (Å²) in [6, 6.07) is 17.0. The molecular weight excluding hydrogens is 332 g/mol. The largest absolute Gasteiger partial charge is 0.494 e. The van der Waals surface area contributed by atoms with E-state index in [0.717, 1.165) is 36.5 Å². The van der Waals surface area contributed by atoms with Crippen LogP contribution in [-0.2, 0) is 0 Å². The van der Waals surface area contributed by atoms with Crippen molar-refractivity contribution in [2.24, 2.45) is 0 Å². The number of ether oxygens (including phenoxy) is 1. The topological polar surface area (TPSA) is 51.2 Å². The highest BCUT2D eigenvalue weighted by Crippen LogP contribution is 2.26. The second-order valence-corrected chi connectivity index (χ2v) is 6.44. The highest BCUT2D eigenvalue weighted by molar-refractivity contribution is 7.14. The van der Waals surface area contributed by atoms with E-state index in [1.165, 1.54) is 11.3 Å². The molecule has 0 saturated carbocycles. The molecule has 25 heavy (non-hydrogen) atoms. The Bertz CT molecular complexity index is 813. The van der Waals surface area contributed by atoms with E-state index in [2.05, 4.69) is 17.2 Å². The number of anilines is 1. The van der Waals surface area contributed by atoms with E-state index in [1.54, 1.807) is 12.1 Å². The summed E-state index contributed by atoms with van der Waals surface area (Å²) in [5.74, 6) is 0.714. The van der Waals surface area contributed by atoms with Gasteiger partial charge in [0.25, 0.3) is 5.91 Å². The summed E-state index contributed by atoms with van der Waals surface area (Å²) < 4.78 is 5.67. The lowest BCUT2D eigenvalue weighted by Crippen LogP contribution is -2.11. The van der Waals surface area contributed by atoms with Crippen molar-refractivity contribution < 1.29 is 9.53 Å². The zero-order valence-electron chi connectivity index (χ0n) is 14.1. The van der Waals surface area contributed by atoms with Crippen LogP contribution < -0.4 is 10.1 Å². The third-order valence-electron chi connectivity index (χ3n) is 3.68. The Morgan fingerprint density at radius 3 is 2.60 bits per heavy atom. The molecule has 3 rings (SSSR count). The van der Waals surface area contributed by atoms with Gasteiger partial charge in [-0.15, -0.1) is 11.3 Å². The summed E-state index contributed by atoms with van der Waals surface area (Å²) in [4.78, 5) is 16.7. The molecule has 0 aliphatic rings. The fraction of sp³-hybridized carbons (Fsp3) is 0.200. The Hall–Kier alpha value is -2.66. The summed E-state index contributed by atoms with van der Waals surface area (Å²) in [6.07, 6.45) is 2.17. The Kier molecular flexibility index (Phi) is 5.80. The molecule has 1 heterocycles. The third-order valence-corrected chi connectivity index (χ3v) is 4.44. The molecule has 0 aliphatic carbocycles. The Morgan fingerprint density at radius 1 is 1.12 bits per heavy atom.